The van der Waals surface area contributed by atoms with E-state index >= 15 is 0 Å². The van der Waals surface area contributed by atoms with Crippen LogP contribution >= 0.6 is 15.9 Å². The van der Waals surface area contributed by atoms with Crippen molar-refractivity contribution in [2.45, 2.75) is 19.4 Å². The van der Waals surface area contributed by atoms with Crippen molar-refractivity contribution >= 4 is 15.9 Å². The van der Waals surface area contributed by atoms with Crippen LogP contribution in [-0.4, -0.2) is 19.8 Å². The predicted octanol–water partition coefficient (Wildman–Crippen LogP) is 3.28. The van der Waals surface area contributed by atoms with Gasteiger partial charge in [-0.1, -0.05) is 13.0 Å². The van der Waals surface area contributed by atoms with Gasteiger partial charge < -0.3 is 10.1 Å². The third-order valence-electron chi connectivity index (χ3n) is 3.16. The van der Waals surface area contributed by atoms with Gasteiger partial charge in [0.05, 0.1) is 11.1 Å². The summed E-state index contributed by atoms with van der Waals surface area (Å²) in [5, 5.41) is 3.46. The zero-order valence-electron chi connectivity index (χ0n) is 9.88. The second kappa shape index (κ2) is 5.94. The quantitative estimate of drug-likeness (QED) is 0.921. The molecule has 0 aromatic heterocycles. The molecule has 2 nitrogen and oxygen atoms in total. The normalized spacial score (nSPS) is 21.7. The molecule has 1 aromatic carbocycles. The summed E-state index contributed by atoms with van der Waals surface area (Å²) in [6, 6.07) is 5.48. The third kappa shape index (κ3) is 3.06. The molecule has 0 bridgehead atoms. The van der Waals surface area contributed by atoms with Gasteiger partial charge >= 0.3 is 0 Å². The first-order valence-electron chi connectivity index (χ1n) is 5.98. The highest BCUT2D eigenvalue weighted by Crippen LogP contribution is 2.30. The Kier molecular flexibility index (Phi) is 4.54. The monoisotopic (exact) mass is 301 g/mol. The Balaban J connectivity index is 2.21. The van der Waals surface area contributed by atoms with Crippen LogP contribution < -0.4 is 5.32 Å². The maximum absolute atomic E-state index is 13.2. The van der Waals surface area contributed by atoms with Gasteiger partial charge in [0.15, 0.2) is 0 Å². The van der Waals surface area contributed by atoms with Crippen molar-refractivity contribution in [1.29, 1.82) is 0 Å². The number of halogens is 2. The summed E-state index contributed by atoms with van der Waals surface area (Å²) in [7, 11) is 0. The van der Waals surface area contributed by atoms with Gasteiger partial charge in [0.2, 0.25) is 0 Å². The van der Waals surface area contributed by atoms with Gasteiger partial charge in [-0.25, -0.2) is 4.39 Å². The van der Waals surface area contributed by atoms with Gasteiger partial charge in [-0.15, -0.1) is 0 Å². The first kappa shape index (κ1) is 13.0. The summed E-state index contributed by atoms with van der Waals surface area (Å²) in [6.07, 6.45) is 1.06. The molecule has 1 aliphatic heterocycles. The second-order valence-electron chi connectivity index (χ2n) is 4.33. The number of hydrogen-bond donors (Lipinski definition) is 1. The SMILES string of the molecule is CCNC(c1ccc(F)c(Br)c1)C1CCOC1. The van der Waals surface area contributed by atoms with E-state index in [1.807, 2.05) is 12.1 Å². The average Bonchev–Trinajstić information content (AvgIpc) is 2.83. The number of hydrogen-bond acceptors (Lipinski definition) is 2. The molecule has 4 heteroatoms. The van der Waals surface area contributed by atoms with Crippen LogP contribution in [0.3, 0.4) is 0 Å². The Labute approximate surface area is 110 Å². The molecule has 0 amide bonds. The molecule has 0 aliphatic carbocycles. The standard InChI is InChI=1S/C13H17BrFNO/c1-2-16-13(10-5-6-17-8-10)9-3-4-12(15)11(14)7-9/h3-4,7,10,13,16H,2,5-6,8H2,1H3. The van der Waals surface area contributed by atoms with Crippen molar-refractivity contribution in [3.8, 4) is 0 Å². The lowest BCUT2D eigenvalue weighted by atomic mass is 9.92. The van der Waals surface area contributed by atoms with Gasteiger partial charge in [-0.2, -0.15) is 0 Å². The van der Waals surface area contributed by atoms with E-state index in [1.54, 1.807) is 0 Å². The van der Waals surface area contributed by atoms with Crippen molar-refractivity contribution in [2.24, 2.45) is 5.92 Å². The van der Waals surface area contributed by atoms with Crippen LogP contribution in [0, 0.1) is 11.7 Å². The Morgan fingerprint density at radius 1 is 1.59 bits per heavy atom. The van der Waals surface area contributed by atoms with Gasteiger partial charge in [0.25, 0.3) is 0 Å². The van der Waals surface area contributed by atoms with E-state index in [0.29, 0.717) is 10.4 Å². The Morgan fingerprint density at radius 3 is 3.00 bits per heavy atom. The summed E-state index contributed by atoms with van der Waals surface area (Å²) in [5.74, 6) is 0.263. The molecule has 1 aromatic rings. The van der Waals surface area contributed by atoms with Gasteiger partial charge in [-0.3, -0.25) is 0 Å². The predicted molar refractivity (Wildman–Crippen MR) is 69.4 cm³/mol. The Morgan fingerprint density at radius 2 is 2.41 bits per heavy atom. The summed E-state index contributed by atoms with van der Waals surface area (Å²) in [5.41, 5.74) is 1.12. The maximum Gasteiger partial charge on any atom is 0.137 e. The molecule has 1 fully saturated rings. The van der Waals surface area contributed by atoms with Gasteiger partial charge in [0.1, 0.15) is 5.82 Å². The fourth-order valence-corrected chi connectivity index (χ4v) is 2.69. The number of rotatable bonds is 4. The summed E-state index contributed by atoms with van der Waals surface area (Å²) in [4.78, 5) is 0. The van der Waals surface area contributed by atoms with Crippen molar-refractivity contribution in [3.63, 3.8) is 0 Å². The number of benzene rings is 1. The highest BCUT2D eigenvalue weighted by atomic mass is 79.9. The Hall–Kier alpha value is -0.450. The molecule has 1 aliphatic rings. The molecule has 2 rings (SSSR count). The molecule has 0 saturated carbocycles. The minimum absolute atomic E-state index is 0.216. The van der Waals surface area contributed by atoms with Crippen molar-refractivity contribution < 1.29 is 9.13 Å². The zero-order valence-corrected chi connectivity index (χ0v) is 11.5. The molecule has 2 atom stereocenters. The lowest BCUT2D eigenvalue weighted by molar-refractivity contribution is 0.177. The van der Waals surface area contributed by atoms with E-state index < -0.39 is 0 Å². The summed E-state index contributed by atoms with van der Waals surface area (Å²) in [6.45, 7) is 4.60. The van der Waals surface area contributed by atoms with Crippen LogP contribution in [-0.2, 0) is 4.74 Å². The first-order valence-corrected chi connectivity index (χ1v) is 6.77. The molecule has 2 unspecified atom stereocenters. The van der Waals surface area contributed by atoms with E-state index in [4.69, 9.17) is 4.74 Å². The minimum Gasteiger partial charge on any atom is -0.381 e. The molecule has 1 N–H and O–H groups in total. The maximum atomic E-state index is 13.2. The molecule has 0 radical (unpaired) electrons. The molecule has 1 saturated heterocycles. The van der Waals surface area contributed by atoms with Gasteiger partial charge in [0, 0.05) is 18.6 Å². The van der Waals surface area contributed by atoms with E-state index in [0.717, 1.165) is 31.7 Å². The fraction of sp³-hybridized carbons (Fsp3) is 0.538. The van der Waals surface area contributed by atoms with Crippen LogP contribution in [0.25, 0.3) is 0 Å². The van der Waals surface area contributed by atoms with E-state index in [9.17, 15) is 4.39 Å². The molecule has 0 spiro atoms. The van der Waals surface area contributed by atoms with E-state index in [2.05, 4.69) is 28.2 Å². The van der Waals surface area contributed by atoms with E-state index in [1.165, 1.54) is 6.07 Å². The molecule has 94 valence electrons. The van der Waals surface area contributed by atoms with Crippen LogP contribution in [0.2, 0.25) is 0 Å². The van der Waals surface area contributed by atoms with Crippen LogP contribution in [0.4, 0.5) is 4.39 Å². The van der Waals surface area contributed by atoms with Crippen molar-refractivity contribution in [3.05, 3.63) is 34.1 Å². The average molecular weight is 302 g/mol. The lowest BCUT2D eigenvalue weighted by Gasteiger charge is -2.24. The number of ether oxygens (including phenoxy) is 1. The number of nitrogens with one attached hydrogen (secondary N) is 1. The highest BCUT2D eigenvalue weighted by Gasteiger charge is 2.26. The van der Waals surface area contributed by atoms with Crippen molar-refractivity contribution in [2.75, 3.05) is 19.8 Å². The fourth-order valence-electron chi connectivity index (χ4n) is 2.30. The summed E-state index contributed by atoms with van der Waals surface area (Å²) < 4.78 is 19.2. The first-order chi connectivity index (χ1) is 8.22. The largest absolute Gasteiger partial charge is 0.381 e. The highest BCUT2D eigenvalue weighted by molar-refractivity contribution is 9.10. The second-order valence-corrected chi connectivity index (χ2v) is 5.19. The lowest BCUT2D eigenvalue weighted by Crippen LogP contribution is -2.28. The molecular weight excluding hydrogens is 285 g/mol. The van der Waals surface area contributed by atoms with Crippen LogP contribution in [0.5, 0.6) is 0 Å². The van der Waals surface area contributed by atoms with Crippen molar-refractivity contribution in [1.82, 2.24) is 5.32 Å². The molecule has 17 heavy (non-hydrogen) atoms. The van der Waals surface area contributed by atoms with Gasteiger partial charge in [-0.05, 0) is 46.6 Å². The zero-order chi connectivity index (χ0) is 12.3. The van der Waals surface area contributed by atoms with Crippen LogP contribution in [0.15, 0.2) is 22.7 Å². The molecule has 1 heterocycles. The summed E-state index contributed by atoms with van der Waals surface area (Å²) >= 11 is 3.24. The smallest absolute Gasteiger partial charge is 0.137 e. The molecular formula is C13H17BrFNO. The van der Waals surface area contributed by atoms with E-state index in [-0.39, 0.29) is 11.9 Å². The minimum atomic E-state index is -0.216. The third-order valence-corrected chi connectivity index (χ3v) is 3.77. The Bertz CT molecular complexity index is 380. The topological polar surface area (TPSA) is 21.3 Å². The van der Waals surface area contributed by atoms with Crippen LogP contribution in [0.1, 0.15) is 24.9 Å².